The molecule has 1 aromatic rings. The number of carbonyl (C=O) groups excluding carboxylic acids is 2. The molecule has 2 heterocycles. The highest BCUT2D eigenvalue weighted by atomic mass is 16.2. The Morgan fingerprint density at radius 3 is 2.50 bits per heavy atom. The van der Waals surface area contributed by atoms with Crippen molar-refractivity contribution in [2.24, 2.45) is 0 Å². The maximum atomic E-state index is 12.5. The summed E-state index contributed by atoms with van der Waals surface area (Å²) in [5.41, 5.74) is 1.06. The highest BCUT2D eigenvalue weighted by Gasteiger charge is 2.31. The molecule has 0 spiro atoms. The third-order valence-electron chi connectivity index (χ3n) is 5.27. The maximum Gasteiger partial charge on any atom is 0.239 e. The van der Waals surface area contributed by atoms with E-state index in [0.29, 0.717) is 6.42 Å². The summed E-state index contributed by atoms with van der Waals surface area (Å²) in [6.45, 7) is 2.43. The zero-order valence-electron chi connectivity index (χ0n) is 14.4. The Hall–Kier alpha value is -1.88. The van der Waals surface area contributed by atoms with Crippen molar-refractivity contribution in [3.63, 3.8) is 0 Å². The zero-order chi connectivity index (χ0) is 16.9. The minimum absolute atomic E-state index is 0.00672. The Balaban J connectivity index is 1.48. The summed E-state index contributed by atoms with van der Waals surface area (Å²) >= 11 is 0. The molecule has 2 aliphatic heterocycles. The van der Waals surface area contributed by atoms with Gasteiger partial charge < -0.3 is 15.1 Å². The van der Waals surface area contributed by atoms with E-state index in [4.69, 9.17) is 0 Å². The molecule has 1 aromatic carbocycles. The van der Waals surface area contributed by atoms with Crippen molar-refractivity contribution in [2.75, 3.05) is 26.7 Å². The Kier molecular flexibility index (Phi) is 5.51. The third kappa shape index (κ3) is 3.96. The van der Waals surface area contributed by atoms with Gasteiger partial charge in [0.25, 0.3) is 0 Å². The zero-order valence-corrected chi connectivity index (χ0v) is 14.4. The molecule has 0 bridgehead atoms. The van der Waals surface area contributed by atoms with Gasteiger partial charge in [-0.1, -0.05) is 30.3 Å². The largest absolute Gasteiger partial charge is 0.342 e. The van der Waals surface area contributed by atoms with Gasteiger partial charge in [-0.3, -0.25) is 9.59 Å². The van der Waals surface area contributed by atoms with Crippen molar-refractivity contribution >= 4 is 11.8 Å². The van der Waals surface area contributed by atoms with Crippen LogP contribution in [0.15, 0.2) is 30.3 Å². The number of carbonyl (C=O) groups is 2. The molecule has 0 saturated carbocycles. The molecule has 2 amide bonds. The van der Waals surface area contributed by atoms with E-state index in [1.54, 1.807) is 0 Å². The topological polar surface area (TPSA) is 52.7 Å². The smallest absolute Gasteiger partial charge is 0.239 e. The summed E-state index contributed by atoms with van der Waals surface area (Å²) in [7, 11) is 1.91. The van der Waals surface area contributed by atoms with E-state index in [2.05, 4.69) is 5.32 Å². The lowest BCUT2D eigenvalue weighted by Crippen LogP contribution is -2.51. The molecule has 5 nitrogen and oxygen atoms in total. The molecule has 0 radical (unpaired) electrons. The Bertz CT molecular complexity index is 561. The second-order valence-corrected chi connectivity index (χ2v) is 6.87. The van der Waals surface area contributed by atoms with Gasteiger partial charge in [-0.25, -0.2) is 0 Å². The summed E-state index contributed by atoms with van der Waals surface area (Å²) < 4.78 is 0. The van der Waals surface area contributed by atoms with Crippen LogP contribution in [0.2, 0.25) is 0 Å². The van der Waals surface area contributed by atoms with E-state index in [9.17, 15) is 9.59 Å². The molecule has 24 heavy (non-hydrogen) atoms. The van der Waals surface area contributed by atoms with Crippen LogP contribution >= 0.6 is 0 Å². The fraction of sp³-hybridized carbons (Fsp3) is 0.579. The van der Waals surface area contributed by atoms with E-state index in [-0.39, 0.29) is 23.9 Å². The van der Waals surface area contributed by atoms with Crippen LogP contribution in [0.3, 0.4) is 0 Å². The minimum Gasteiger partial charge on any atom is -0.342 e. The molecule has 0 aromatic heterocycles. The molecule has 3 rings (SSSR count). The predicted octanol–water partition coefficient (Wildman–Crippen LogP) is 1.43. The normalized spacial score (nSPS) is 21.7. The molecular formula is C19H27N3O2. The van der Waals surface area contributed by atoms with E-state index in [1.807, 2.05) is 47.2 Å². The van der Waals surface area contributed by atoms with Crippen LogP contribution in [-0.2, 0) is 16.0 Å². The number of nitrogens with zero attached hydrogens (tertiary/aromatic N) is 2. The second-order valence-electron chi connectivity index (χ2n) is 6.87. The molecular weight excluding hydrogens is 302 g/mol. The number of likely N-dealkylation sites (tertiary alicyclic amines) is 1. The Labute approximate surface area is 144 Å². The van der Waals surface area contributed by atoms with Crippen LogP contribution in [0.25, 0.3) is 0 Å². The number of hydrogen-bond acceptors (Lipinski definition) is 3. The van der Waals surface area contributed by atoms with E-state index in [0.717, 1.165) is 50.9 Å². The van der Waals surface area contributed by atoms with Crippen LogP contribution in [0, 0.1) is 0 Å². The van der Waals surface area contributed by atoms with Gasteiger partial charge in [0.2, 0.25) is 11.8 Å². The highest BCUT2D eigenvalue weighted by molar-refractivity contribution is 5.82. The Morgan fingerprint density at radius 2 is 1.88 bits per heavy atom. The number of amides is 2. The minimum atomic E-state index is -0.00672. The van der Waals surface area contributed by atoms with Crippen molar-refractivity contribution in [1.82, 2.24) is 15.1 Å². The predicted molar refractivity (Wildman–Crippen MR) is 93.5 cm³/mol. The first-order valence-electron chi connectivity index (χ1n) is 8.97. The van der Waals surface area contributed by atoms with E-state index < -0.39 is 0 Å². The fourth-order valence-electron chi connectivity index (χ4n) is 3.71. The lowest BCUT2D eigenvalue weighted by Gasteiger charge is -2.37. The van der Waals surface area contributed by atoms with Gasteiger partial charge in [-0.15, -0.1) is 0 Å². The van der Waals surface area contributed by atoms with Crippen molar-refractivity contribution in [1.29, 1.82) is 0 Å². The Morgan fingerprint density at radius 1 is 1.17 bits per heavy atom. The first-order chi connectivity index (χ1) is 11.6. The van der Waals surface area contributed by atoms with Gasteiger partial charge in [0.05, 0.1) is 12.5 Å². The van der Waals surface area contributed by atoms with Crippen molar-refractivity contribution in [2.45, 2.75) is 44.2 Å². The van der Waals surface area contributed by atoms with Crippen LogP contribution in [0.4, 0.5) is 0 Å². The van der Waals surface area contributed by atoms with Crippen LogP contribution in [0.1, 0.15) is 31.2 Å². The highest BCUT2D eigenvalue weighted by Crippen LogP contribution is 2.19. The SMILES string of the molecule is CN(C(=O)[C@@H]1CCCN1)C1CCN(C(=O)Cc2ccccc2)CC1. The number of likely N-dealkylation sites (N-methyl/N-ethyl adjacent to an activating group) is 1. The van der Waals surface area contributed by atoms with Crippen LogP contribution in [0.5, 0.6) is 0 Å². The van der Waals surface area contributed by atoms with Gasteiger partial charge in [0, 0.05) is 26.2 Å². The van der Waals surface area contributed by atoms with E-state index >= 15 is 0 Å². The summed E-state index contributed by atoms with van der Waals surface area (Å²) in [5, 5.41) is 3.27. The van der Waals surface area contributed by atoms with Crippen LogP contribution < -0.4 is 5.32 Å². The maximum absolute atomic E-state index is 12.5. The number of benzene rings is 1. The molecule has 1 atom stereocenters. The molecule has 0 aliphatic carbocycles. The first-order valence-corrected chi connectivity index (χ1v) is 8.97. The average molecular weight is 329 g/mol. The van der Waals surface area contributed by atoms with Crippen molar-refractivity contribution < 1.29 is 9.59 Å². The van der Waals surface area contributed by atoms with E-state index in [1.165, 1.54) is 0 Å². The molecule has 0 unspecified atom stereocenters. The van der Waals surface area contributed by atoms with Gasteiger partial charge >= 0.3 is 0 Å². The summed E-state index contributed by atoms with van der Waals surface area (Å²) in [6.07, 6.45) is 4.23. The molecule has 1 N–H and O–H groups in total. The molecule has 5 heteroatoms. The monoisotopic (exact) mass is 329 g/mol. The number of nitrogens with one attached hydrogen (secondary N) is 1. The van der Waals surface area contributed by atoms with Gasteiger partial charge in [0.15, 0.2) is 0 Å². The average Bonchev–Trinajstić information content (AvgIpc) is 3.16. The number of piperidine rings is 1. The van der Waals surface area contributed by atoms with Crippen molar-refractivity contribution in [3.8, 4) is 0 Å². The van der Waals surface area contributed by atoms with Gasteiger partial charge in [0.1, 0.15) is 0 Å². The quantitative estimate of drug-likeness (QED) is 0.909. The number of rotatable bonds is 4. The molecule has 2 aliphatic rings. The molecule has 130 valence electrons. The van der Waals surface area contributed by atoms with Gasteiger partial charge in [-0.2, -0.15) is 0 Å². The van der Waals surface area contributed by atoms with Crippen LogP contribution in [-0.4, -0.2) is 60.4 Å². The fourth-order valence-corrected chi connectivity index (χ4v) is 3.71. The lowest BCUT2D eigenvalue weighted by molar-refractivity contribution is -0.136. The summed E-state index contributed by atoms with van der Waals surface area (Å²) in [6, 6.07) is 10.1. The first kappa shape index (κ1) is 17.0. The number of hydrogen-bond donors (Lipinski definition) is 1. The summed E-state index contributed by atoms with van der Waals surface area (Å²) in [4.78, 5) is 28.8. The summed E-state index contributed by atoms with van der Waals surface area (Å²) in [5.74, 6) is 0.396. The van der Waals surface area contributed by atoms with Gasteiger partial charge in [-0.05, 0) is 37.8 Å². The van der Waals surface area contributed by atoms with Crippen molar-refractivity contribution in [3.05, 3.63) is 35.9 Å². The molecule has 2 saturated heterocycles. The third-order valence-corrected chi connectivity index (χ3v) is 5.27. The standard InChI is InChI=1S/C19H27N3O2/c1-21(19(24)17-8-5-11-20-17)16-9-12-22(13-10-16)18(23)14-15-6-3-2-4-7-15/h2-4,6-7,16-17,20H,5,8-14H2,1H3/t17-/m0/s1. The second kappa shape index (κ2) is 7.79. The lowest BCUT2D eigenvalue weighted by atomic mass is 10.0. The molecule has 2 fully saturated rings.